The molecule has 0 saturated carbocycles. The zero-order chi connectivity index (χ0) is 27.3. The fraction of sp³-hybridized carbons (Fsp3) is 0.542. The van der Waals surface area contributed by atoms with E-state index in [0.717, 1.165) is 5.56 Å². The smallest absolute Gasteiger partial charge is 0.326 e. The molecule has 7 N–H and O–H groups in total. The standard InChI is InChI=1S/C24H36N4O7S/c1-14(2)20(24(34)35)28-23(33)18(13-15-7-5-4-6-8-15)27-22(32)17(11-12-36-3)26-21(31)16(25)9-10-19(29)30/h4-8,14,16-18,20H,9-13,25H2,1-3H3,(H,26,31)(H,27,32)(H,28,33)(H,29,30)(H,34,35). The first-order chi connectivity index (χ1) is 17.0. The summed E-state index contributed by atoms with van der Waals surface area (Å²) >= 11 is 1.45. The molecule has 4 unspecified atom stereocenters. The van der Waals surface area contributed by atoms with Gasteiger partial charge in [-0.25, -0.2) is 4.79 Å². The summed E-state index contributed by atoms with van der Waals surface area (Å²) in [7, 11) is 0. The van der Waals surface area contributed by atoms with Crippen molar-refractivity contribution in [3.05, 3.63) is 35.9 Å². The van der Waals surface area contributed by atoms with Crippen LogP contribution in [0.1, 0.15) is 38.7 Å². The number of carboxylic acids is 2. The van der Waals surface area contributed by atoms with Gasteiger partial charge in [0.05, 0.1) is 6.04 Å². The average Bonchev–Trinajstić information content (AvgIpc) is 2.82. The van der Waals surface area contributed by atoms with Crippen LogP contribution in [0.25, 0.3) is 0 Å². The Labute approximate surface area is 215 Å². The third kappa shape index (κ3) is 11.1. The molecule has 1 rings (SSSR count). The van der Waals surface area contributed by atoms with Crippen molar-refractivity contribution in [1.82, 2.24) is 16.0 Å². The van der Waals surface area contributed by atoms with Gasteiger partial charge in [-0.2, -0.15) is 11.8 Å². The van der Waals surface area contributed by atoms with E-state index in [9.17, 15) is 29.1 Å². The summed E-state index contributed by atoms with van der Waals surface area (Å²) < 4.78 is 0. The van der Waals surface area contributed by atoms with Crippen LogP contribution >= 0.6 is 11.8 Å². The number of aliphatic carboxylic acids is 2. The van der Waals surface area contributed by atoms with Crippen LogP contribution in [-0.2, 0) is 30.4 Å². The Morgan fingerprint density at radius 3 is 2.00 bits per heavy atom. The van der Waals surface area contributed by atoms with Crippen molar-refractivity contribution in [3.8, 4) is 0 Å². The number of carboxylic acid groups (broad SMARTS) is 2. The number of carbonyl (C=O) groups is 5. The number of hydrogen-bond donors (Lipinski definition) is 6. The van der Waals surface area contributed by atoms with Gasteiger partial charge in [-0.3, -0.25) is 19.2 Å². The fourth-order valence-corrected chi connectivity index (χ4v) is 3.76. The zero-order valence-electron chi connectivity index (χ0n) is 20.7. The zero-order valence-corrected chi connectivity index (χ0v) is 21.5. The molecule has 1 aromatic carbocycles. The van der Waals surface area contributed by atoms with Gasteiger partial charge in [0.15, 0.2) is 0 Å². The first-order valence-electron chi connectivity index (χ1n) is 11.6. The molecule has 0 spiro atoms. The maximum Gasteiger partial charge on any atom is 0.326 e. The molecule has 0 bridgehead atoms. The molecule has 1 aromatic rings. The van der Waals surface area contributed by atoms with Crippen molar-refractivity contribution in [3.63, 3.8) is 0 Å². The molecule has 0 aliphatic heterocycles. The highest BCUT2D eigenvalue weighted by atomic mass is 32.2. The number of thioether (sulfide) groups is 1. The van der Waals surface area contributed by atoms with Crippen molar-refractivity contribution in [1.29, 1.82) is 0 Å². The average molecular weight is 525 g/mol. The van der Waals surface area contributed by atoms with Crippen molar-refractivity contribution in [2.24, 2.45) is 11.7 Å². The van der Waals surface area contributed by atoms with E-state index >= 15 is 0 Å². The van der Waals surface area contributed by atoms with Crippen molar-refractivity contribution < 1.29 is 34.2 Å². The highest BCUT2D eigenvalue weighted by Crippen LogP contribution is 2.09. The third-order valence-electron chi connectivity index (χ3n) is 5.40. The van der Waals surface area contributed by atoms with Gasteiger partial charge in [0.25, 0.3) is 0 Å². The second-order valence-electron chi connectivity index (χ2n) is 8.70. The second kappa shape index (κ2) is 15.8. The lowest BCUT2D eigenvalue weighted by atomic mass is 10.0. The molecule has 200 valence electrons. The summed E-state index contributed by atoms with van der Waals surface area (Å²) in [5, 5.41) is 26.0. The maximum atomic E-state index is 13.2. The Morgan fingerprint density at radius 2 is 1.47 bits per heavy atom. The Kier molecular flexibility index (Phi) is 13.6. The summed E-state index contributed by atoms with van der Waals surface area (Å²) in [6, 6.07) is 4.53. The highest BCUT2D eigenvalue weighted by molar-refractivity contribution is 7.98. The number of nitrogens with one attached hydrogen (secondary N) is 3. The third-order valence-corrected chi connectivity index (χ3v) is 6.04. The summed E-state index contributed by atoms with van der Waals surface area (Å²) in [4.78, 5) is 61.1. The van der Waals surface area contributed by atoms with E-state index < -0.39 is 53.8 Å². The molecule has 0 aromatic heterocycles. The SMILES string of the molecule is CSCCC(NC(=O)C(N)CCC(=O)O)C(=O)NC(Cc1ccccc1)C(=O)NC(C(=O)O)C(C)C. The number of hydrogen-bond acceptors (Lipinski definition) is 7. The molecule has 0 heterocycles. The van der Waals surface area contributed by atoms with E-state index in [-0.39, 0.29) is 31.6 Å². The maximum absolute atomic E-state index is 13.2. The van der Waals surface area contributed by atoms with Crippen LogP contribution in [-0.4, -0.2) is 76.0 Å². The number of rotatable bonds is 16. The Bertz CT molecular complexity index is 898. The Morgan fingerprint density at radius 1 is 0.889 bits per heavy atom. The molecule has 3 amide bonds. The fourth-order valence-electron chi connectivity index (χ4n) is 3.29. The molecule has 0 radical (unpaired) electrons. The van der Waals surface area contributed by atoms with Crippen molar-refractivity contribution in [2.75, 3.05) is 12.0 Å². The largest absolute Gasteiger partial charge is 0.481 e. The van der Waals surface area contributed by atoms with Gasteiger partial charge in [-0.1, -0.05) is 44.2 Å². The quantitative estimate of drug-likeness (QED) is 0.177. The van der Waals surface area contributed by atoms with Crippen molar-refractivity contribution >= 4 is 41.4 Å². The lowest BCUT2D eigenvalue weighted by Gasteiger charge is -2.26. The molecule has 0 saturated heterocycles. The van der Waals surface area contributed by atoms with Gasteiger partial charge in [-0.15, -0.1) is 0 Å². The molecule has 4 atom stereocenters. The van der Waals surface area contributed by atoms with Gasteiger partial charge in [0.1, 0.15) is 18.1 Å². The lowest BCUT2D eigenvalue weighted by molar-refractivity contribution is -0.143. The van der Waals surface area contributed by atoms with E-state index in [0.29, 0.717) is 5.75 Å². The predicted octanol–water partition coefficient (Wildman–Crippen LogP) is 0.369. The topological polar surface area (TPSA) is 188 Å². The van der Waals surface area contributed by atoms with E-state index in [1.54, 1.807) is 44.2 Å². The Balaban J connectivity index is 3.07. The van der Waals surface area contributed by atoms with Gasteiger partial charge >= 0.3 is 11.9 Å². The van der Waals surface area contributed by atoms with Gasteiger partial charge in [0, 0.05) is 12.8 Å². The molecule has 0 aliphatic rings. The number of benzene rings is 1. The van der Waals surface area contributed by atoms with Gasteiger partial charge in [-0.05, 0) is 36.3 Å². The molecule has 12 heteroatoms. The molecule has 36 heavy (non-hydrogen) atoms. The summed E-state index contributed by atoms with van der Waals surface area (Å²) in [5.41, 5.74) is 6.52. The van der Waals surface area contributed by atoms with E-state index in [1.165, 1.54) is 11.8 Å². The second-order valence-corrected chi connectivity index (χ2v) is 9.69. The van der Waals surface area contributed by atoms with E-state index in [2.05, 4.69) is 16.0 Å². The summed E-state index contributed by atoms with van der Waals surface area (Å²) in [6.07, 6.45) is 1.79. The van der Waals surface area contributed by atoms with Crippen LogP contribution in [0.3, 0.4) is 0 Å². The minimum Gasteiger partial charge on any atom is -0.481 e. The monoisotopic (exact) mass is 524 g/mol. The van der Waals surface area contributed by atoms with Crippen LogP contribution in [0.5, 0.6) is 0 Å². The normalized spacial score (nSPS) is 14.2. The molecule has 0 fully saturated rings. The van der Waals surface area contributed by atoms with Crippen LogP contribution < -0.4 is 21.7 Å². The minimum absolute atomic E-state index is 0.0944. The summed E-state index contributed by atoms with van der Waals surface area (Å²) in [6.45, 7) is 3.32. The molecule has 11 nitrogen and oxygen atoms in total. The van der Waals surface area contributed by atoms with E-state index in [4.69, 9.17) is 10.8 Å². The highest BCUT2D eigenvalue weighted by Gasteiger charge is 2.31. The predicted molar refractivity (Wildman–Crippen MR) is 136 cm³/mol. The van der Waals surface area contributed by atoms with Crippen LogP contribution in [0.2, 0.25) is 0 Å². The lowest BCUT2D eigenvalue weighted by Crippen LogP contribution is -2.58. The molecular formula is C24H36N4O7S. The van der Waals surface area contributed by atoms with Gasteiger partial charge in [0.2, 0.25) is 17.7 Å². The summed E-state index contributed by atoms with van der Waals surface area (Å²) in [5.74, 6) is -4.12. The van der Waals surface area contributed by atoms with Crippen molar-refractivity contribution in [2.45, 2.75) is 63.7 Å². The number of amides is 3. The van der Waals surface area contributed by atoms with Crippen LogP contribution in [0, 0.1) is 5.92 Å². The van der Waals surface area contributed by atoms with Crippen LogP contribution in [0.15, 0.2) is 30.3 Å². The molecule has 0 aliphatic carbocycles. The first-order valence-corrected chi connectivity index (χ1v) is 13.0. The molecular weight excluding hydrogens is 488 g/mol. The first kappa shape index (κ1) is 30.9. The minimum atomic E-state index is -1.19. The Hall–Kier alpha value is -3.12. The van der Waals surface area contributed by atoms with Gasteiger partial charge < -0.3 is 31.9 Å². The van der Waals surface area contributed by atoms with Crippen LogP contribution in [0.4, 0.5) is 0 Å². The van der Waals surface area contributed by atoms with E-state index in [1.807, 2.05) is 6.26 Å². The number of nitrogens with two attached hydrogens (primary N) is 1. The number of carbonyl (C=O) groups excluding carboxylic acids is 3.